The number of hydrogen-bond acceptors (Lipinski definition) is 7. The second-order valence-corrected chi connectivity index (χ2v) is 9.35. The summed E-state index contributed by atoms with van der Waals surface area (Å²) in [6.45, 7) is 8.22. The lowest BCUT2D eigenvalue weighted by atomic mass is 9.94. The molecule has 37 heavy (non-hydrogen) atoms. The zero-order valence-corrected chi connectivity index (χ0v) is 21.6. The van der Waals surface area contributed by atoms with Crippen LogP contribution in [0.5, 0.6) is 0 Å². The van der Waals surface area contributed by atoms with Crippen molar-refractivity contribution in [3.05, 3.63) is 77.7 Å². The molecule has 1 N–H and O–H groups in total. The molecule has 1 aromatic heterocycles. The molecule has 0 spiro atoms. The van der Waals surface area contributed by atoms with Crippen LogP contribution in [0.1, 0.15) is 50.5 Å². The van der Waals surface area contributed by atoms with Gasteiger partial charge in [-0.3, -0.25) is 14.4 Å². The Hall–Kier alpha value is -4.01. The van der Waals surface area contributed by atoms with Gasteiger partial charge in [0, 0.05) is 19.0 Å². The topological polar surface area (TPSA) is 119 Å². The van der Waals surface area contributed by atoms with E-state index in [0.717, 1.165) is 5.57 Å². The van der Waals surface area contributed by atoms with Crippen LogP contribution in [0.15, 0.2) is 70.6 Å². The van der Waals surface area contributed by atoms with Crippen molar-refractivity contribution < 1.29 is 28.3 Å². The van der Waals surface area contributed by atoms with Gasteiger partial charge in [-0.25, -0.2) is 9.78 Å². The first-order valence-corrected chi connectivity index (χ1v) is 12.3. The van der Waals surface area contributed by atoms with Gasteiger partial charge in [-0.05, 0) is 31.4 Å². The number of fused-ring (bicyclic) bond motifs is 3. The number of carbonyl (C=O) groups is 4. The van der Waals surface area contributed by atoms with Crippen LogP contribution in [0.4, 0.5) is 0 Å². The minimum Gasteiger partial charge on any atom is -0.457 e. The number of ketones is 1. The molecular formula is C28H33N3O6. The second-order valence-electron chi connectivity index (χ2n) is 9.35. The predicted octanol–water partition coefficient (Wildman–Crippen LogP) is 3.46. The number of ether oxygens (including phenoxy) is 1. The second kappa shape index (κ2) is 12.8. The molecule has 2 amide bonds. The van der Waals surface area contributed by atoms with Gasteiger partial charge >= 0.3 is 5.97 Å². The Morgan fingerprint density at radius 1 is 1.14 bits per heavy atom. The van der Waals surface area contributed by atoms with E-state index in [-0.39, 0.29) is 47.2 Å². The van der Waals surface area contributed by atoms with Gasteiger partial charge in [-0.2, -0.15) is 0 Å². The van der Waals surface area contributed by atoms with Crippen molar-refractivity contribution in [3.63, 3.8) is 0 Å². The molecule has 9 heteroatoms. The molecule has 1 aromatic rings. The first kappa shape index (κ1) is 27.6. The number of cyclic esters (lactones) is 1. The van der Waals surface area contributed by atoms with E-state index in [1.807, 2.05) is 33.8 Å². The van der Waals surface area contributed by atoms with Crippen LogP contribution in [0.3, 0.4) is 0 Å². The van der Waals surface area contributed by atoms with Crippen molar-refractivity contribution >= 4 is 23.6 Å². The van der Waals surface area contributed by atoms with Crippen LogP contribution in [-0.4, -0.2) is 52.6 Å². The van der Waals surface area contributed by atoms with Crippen molar-refractivity contribution in [1.82, 2.24) is 15.2 Å². The van der Waals surface area contributed by atoms with Gasteiger partial charge in [0.25, 0.3) is 5.91 Å². The number of hydrogen-bond donors (Lipinski definition) is 1. The van der Waals surface area contributed by atoms with Crippen LogP contribution in [0.25, 0.3) is 0 Å². The molecule has 3 heterocycles. The Bertz CT molecular complexity index is 1180. The highest BCUT2D eigenvalue weighted by Gasteiger charge is 2.33. The fourth-order valence-electron chi connectivity index (χ4n) is 4.01. The lowest BCUT2D eigenvalue weighted by Crippen LogP contribution is -2.36. The fourth-order valence-corrected chi connectivity index (χ4v) is 4.01. The molecule has 3 rings (SSSR count). The van der Waals surface area contributed by atoms with Gasteiger partial charge < -0.3 is 19.4 Å². The van der Waals surface area contributed by atoms with E-state index in [4.69, 9.17) is 9.15 Å². The average molecular weight is 508 g/mol. The van der Waals surface area contributed by atoms with E-state index in [2.05, 4.69) is 10.3 Å². The number of nitrogens with one attached hydrogen (secondary N) is 1. The summed E-state index contributed by atoms with van der Waals surface area (Å²) in [5, 5.41) is 2.77. The van der Waals surface area contributed by atoms with Crippen molar-refractivity contribution in [2.24, 2.45) is 11.8 Å². The zero-order valence-electron chi connectivity index (χ0n) is 21.6. The minimum atomic E-state index is -0.621. The molecule has 2 unspecified atom stereocenters. The number of oxazole rings is 1. The maximum absolute atomic E-state index is 13.1. The standard InChI is InChI=1S/C28H33N3O6/c1-18(2)26-20(4)12-13-24(33)29-14-6-9-19(3)8-5-10-21(32)16-25-30-22(17-36-25)27(34)31-15-7-11-23(31)28(35)37-26/h5-6,8-13,17-18,20,26H,7,14-16H2,1-4H3,(H,29,33). The van der Waals surface area contributed by atoms with Gasteiger partial charge in [0.1, 0.15) is 18.1 Å². The van der Waals surface area contributed by atoms with Crippen LogP contribution < -0.4 is 5.32 Å². The third kappa shape index (κ3) is 7.73. The lowest BCUT2D eigenvalue weighted by Gasteiger charge is -2.27. The Kier molecular flexibility index (Phi) is 9.54. The molecule has 0 saturated carbocycles. The molecule has 196 valence electrons. The maximum Gasteiger partial charge on any atom is 0.355 e. The van der Waals surface area contributed by atoms with Gasteiger partial charge in [0.05, 0.1) is 6.42 Å². The number of esters is 1. The maximum atomic E-state index is 13.1. The van der Waals surface area contributed by atoms with Gasteiger partial charge in [0.15, 0.2) is 11.5 Å². The van der Waals surface area contributed by atoms with Crippen molar-refractivity contribution in [1.29, 1.82) is 0 Å². The lowest BCUT2D eigenvalue weighted by molar-refractivity contribution is -0.149. The Morgan fingerprint density at radius 3 is 2.68 bits per heavy atom. The molecule has 2 atom stereocenters. The molecule has 0 aromatic carbocycles. The van der Waals surface area contributed by atoms with Crippen molar-refractivity contribution in [2.45, 2.75) is 46.6 Å². The Morgan fingerprint density at radius 2 is 1.92 bits per heavy atom. The normalized spacial score (nSPS) is 22.5. The number of amides is 2. The monoisotopic (exact) mass is 507 g/mol. The largest absolute Gasteiger partial charge is 0.457 e. The number of nitrogens with zero attached hydrogens (tertiary/aromatic N) is 2. The molecule has 0 aliphatic carbocycles. The van der Waals surface area contributed by atoms with E-state index < -0.39 is 18.0 Å². The van der Waals surface area contributed by atoms with E-state index in [9.17, 15) is 19.2 Å². The molecule has 0 fully saturated rings. The molecular weight excluding hydrogens is 474 g/mol. The van der Waals surface area contributed by atoms with Crippen LogP contribution in [0.2, 0.25) is 0 Å². The summed E-state index contributed by atoms with van der Waals surface area (Å²) in [6.07, 6.45) is 14.3. The van der Waals surface area contributed by atoms with E-state index in [1.165, 1.54) is 23.3 Å². The first-order chi connectivity index (χ1) is 17.7. The van der Waals surface area contributed by atoms with Crippen molar-refractivity contribution in [2.75, 3.05) is 13.1 Å². The summed E-state index contributed by atoms with van der Waals surface area (Å²) in [6, 6.07) is 0. The summed E-state index contributed by atoms with van der Waals surface area (Å²) >= 11 is 0. The number of rotatable bonds is 1. The molecule has 2 aliphatic rings. The van der Waals surface area contributed by atoms with Crippen LogP contribution in [0, 0.1) is 11.8 Å². The molecule has 2 aliphatic heterocycles. The van der Waals surface area contributed by atoms with Gasteiger partial charge in [0.2, 0.25) is 11.8 Å². The summed E-state index contributed by atoms with van der Waals surface area (Å²) in [7, 11) is 0. The molecule has 0 saturated heterocycles. The van der Waals surface area contributed by atoms with E-state index in [1.54, 1.807) is 30.4 Å². The highest BCUT2D eigenvalue weighted by Crippen LogP contribution is 2.24. The number of allylic oxidation sites excluding steroid dienone is 5. The molecule has 9 nitrogen and oxygen atoms in total. The van der Waals surface area contributed by atoms with E-state index in [0.29, 0.717) is 19.5 Å². The third-order valence-corrected chi connectivity index (χ3v) is 5.92. The summed E-state index contributed by atoms with van der Waals surface area (Å²) in [5.74, 6) is -1.80. The first-order valence-electron chi connectivity index (χ1n) is 12.3. The summed E-state index contributed by atoms with van der Waals surface area (Å²) in [5.41, 5.74) is 1.04. The van der Waals surface area contributed by atoms with Crippen molar-refractivity contribution in [3.8, 4) is 0 Å². The molecule has 0 radical (unpaired) electrons. The predicted molar refractivity (Wildman–Crippen MR) is 137 cm³/mol. The number of aromatic nitrogens is 1. The zero-order chi connectivity index (χ0) is 26.9. The van der Waals surface area contributed by atoms with Gasteiger partial charge in [-0.1, -0.05) is 62.8 Å². The third-order valence-electron chi connectivity index (χ3n) is 5.92. The Balaban J connectivity index is 1.87. The van der Waals surface area contributed by atoms with Crippen LogP contribution >= 0.6 is 0 Å². The van der Waals surface area contributed by atoms with Gasteiger partial charge in [-0.15, -0.1) is 0 Å². The molecule has 2 bridgehead atoms. The smallest absolute Gasteiger partial charge is 0.355 e. The Labute approximate surface area is 216 Å². The summed E-state index contributed by atoms with van der Waals surface area (Å²) < 4.78 is 11.2. The quantitative estimate of drug-likeness (QED) is 0.578. The summed E-state index contributed by atoms with van der Waals surface area (Å²) in [4.78, 5) is 56.2. The number of carbonyl (C=O) groups excluding carboxylic acids is 4. The van der Waals surface area contributed by atoms with E-state index >= 15 is 0 Å². The highest BCUT2D eigenvalue weighted by molar-refractivity contribution is 6.00. The SMILES string of the molecule is CC1=CC=CC(=O)Cc2nc(co2)C(=O)N2CCC=C2C(=O)OC(C(C)C)C(C)C=CC(=O)NCC=C1. The fraction of sp³-hybridized carbons (Fsp3) is 0.393. The minimum absolute atomic E-state index is 0.00868. The highest BCUT2D eigenvalue weighted by atomic mass is 16.5. The van der Waals surface area contributed by atoms with Crippen LogP contribution in [-0.2, 0) is 25.5 Å². The average Bonchev–Trinajstić information content (AvgIpc) is 3.52.